The van der Waals surface area contributed by atoms with Crippen LogP contribution in [0.5, 0.6) is 11.5 Å². The van der Waals surface area contributed by atoms with Crippen LogP contribution >= 0.6 is 0 Å². The molecule has 1 fully saturated rings. The molecule has 1 N–H and O–H groups in total. The summed E-state index contributed by atoms with van der Waals surface area (Å²) < 4.78 is 6.26. The molecule has 0 radical (unpaired) electrons. The van der Waals surface area contributed by atoms with Gasteiger partial charge in [-0.15, -0.1) is 0 Å². The molecule has 0 aliphatic carbocycles. The number of ether oxygens (including phenoxy) is 1. The number of hydrogen-bond acceptors (Lipinski definition) is 5. The molecule has 3 aliphatic heterocycles. The molecule has 0 atom stereocenters. The minimum atomic E-state index is -0.777. The van der Waals surface area contributed by atoms with Crippen LogP contribution in [-0.2, 0) is 23.2 Å². The Morgan fingerprint density at radius 1 is 0.809 bits per heavy atom. The van der Waals surface area contributed by atoms with E-state index in [4.69, 9.17) is 4.74 Å². The second kappa shape index (κ2) is 13.6. The summed E-state index contributed by atoms with van der Waals surface area (Å²) in [6, 6.07) is 32.7. The molecule has 0 bridgehead atoms. The molecule has 3 heterocycles. The van der Waals surface area contributed by atoms with Gasteiger partial charge >= 0.3 is 0 Å². The highest BCUT2D eigenvalue weighted by atomic mass is 16.5. The van der Waals surface area contributed by atoms with Gasteiger partial charge in [-0.3, -0.25) is 14.5 Å². The number of nitrogens with one attached hydrogen (secondary N) is 1. The lowest BCUT2D eigenvalue weighted by molar-refractivity contribution is -0.125. The van der Waals surface area contributed by atoms with Gasteiger partial charge in [0.2, 0.25) is 5.91 Å². The Bertz CT molecular complexity index is 1690. The second-order valence-corrected chi connectivity index (χ2v) is 12.9. The number of fused-ring (bicyclic) bond motifs is 3. The number of anilines is 1. The third-order valence-corrected chi connectivity index (χ3v) is 10.1. The maximum Gasteiger partial charge on any atom is 0.254 e. The number of nitrogens with zero attached hydrogens (tertiary/aromatic N) is 3. The first-order chi connectivity index (χ1) is 23.1. The molecule has 242 valence electrons. The van der Waals surface area contributed by atoms with Gasteiger partial charge < -0.3 is 19.9 Å². The summed E-state index contributed by atoms with van der Waals surface area (Å²) in [5.74, 6) is 1.71. The van der Waals surface area contributed by atoms with E-state index in [0.717, 1.165) is 104 Å². The van der Waals surface area contributed by atoms with E-state index < -0.39 is 5.41 Å². The Balaban J connectivity index is 0.971. The SMILES string of the molecule is CCNC(=O)C1(CCCCN2CCN(c3ccc4c(c3)C(=O)N(Cc3ccccc3)CC4)CC2)c2ccccc2Oc2ccccc21. The quantitative estimate of drug-likeness (QED) is 0.206. The summed E-state index contributed by atoms with van der Waals surface area (Å²) in [5, 5.41) is 3.15. The van der Waals surface area contributed by atoms with Crippen LogP contribution in [0.4, 0.5) is 5.69 Å². The van der Waals surface area contributed by atoms with Gasteiger partial charge in [-0.2, -0.15) is 0 Å². The van der Waals surface area contributed by atoms with Crippen LogP contribution in [-0.4, -0.2) is 67.4 Å². The van der Waals surface area contributed by atoms with E-state index in [2.05, 4.69) is 57.6 Å². The zero-order valence-electron chi connectivity index (χ0n) is 27.3. The standard InChI is InChI=1S/C40H44N4O3/c1-2-41-39(46)40(34-14-6-8-16-36(34)47-37-17-9-7-15-35(37)40)21-10-11-22-42-24-26-43(27-25-42)32-19-18-31-20-23-44(38(45)33(31)28-32)29-30-12-4-3-5-13-30/h3-9,12-19,28H,2,10-11,20-27,29H2,1H3,(H,41,46). The Kier molecular flexibility index (Phi) is 8.99. The lowest BCUT2D eigenvalue weighted by Gasteiger charge is -2.39. The molecule has 4 aromatic carbocycles. The highest BCUT2D eigenvalue weighted by Crippen LogP contribution is 2.50. The lowest BCUT2D eigenvalue weighted by Crippen LogP contribution is -2.47. The van der Waals surface area contributed by atoms with Crippen molar-refractivity contribution in [3.63, 3.8) is 0 Å². The number of carbonyl (C=O) groups excluding carboxylic acids is 2. The topological polar surface area (TPSA) is 65.1 Å². The highest BCUT2D eigenvalue weighted by Gasteiger charge is 2.47. The summed E-state index contributed by atoms with van der Waals surface area (Å²) in [6.45, 7) is 8.79. The number of para-hydroxylation sites is 2. The molecule has 0 spiro atoms. The third-order valence-electron chi connectivity index (χ3n) is 10.1. The van der Waals surface area contributed by atoms with Gasteiger partial charge in [-0.05, 0) is 68.1 Å². The number of rotatable bonds is 10. The van der Waals surface area contributed by atoms with Gasteiger partial charge in [-0.1, -0.05) is 79.2 Å². The van der Waals surface area contributed by atoms with Gasteiger partial charge in [0.25, 0.3) is 5.91 Å². The van der Waals surface area contributed by atoms with Crippen LogP contribution in [0.1, 0.15) is 58.8 Å². The minimum absolute atomic E-state index is 0.0449. The van der Waals surface area contributed by atoms with E-state index >= 15 is 0 Å². The summed E-state index contributed by atoms with van der Waals surface area (Å²) in [7, 11) is 0. The number of unbranched alkanes of at least 4 members (excludes halogenated alkanes) is 1. The van der Waals surface area contributed by atoms with Crippen LogP contribution in [0.2, 0.25) is 0 Å². The molecule has 0 unspecified atom stereocenters. The Morgan fingerprint density at radius 3 is 2.19 bits per heavy atom. The molecule has 0 aromatic heterocycles. The molecular formula is C40H44N4O3. The first kappa shape index (κ1) is 31.0. The molecule has 7 heteroatoms. The van der Waals surface area contributed by atoms with Crippen molar-refractivity contribution in [3.05, 3.63) is 125 Å². The van der Waals surface area contributed by atoms with Gasteiger partial charge in [0.15, 0.2) is 0 Å². The van der Waals surface area contributed by atoms with Crippen LogP contribution in [0.15, 0.2) is 97.1 Å². The number of benzene rings is 4. The lowest BCUT2D eigenvalue weighted by atomic mass is 9.68. The fourth-order valence-corrected chi connectivity index (χ4v) is 7.63. The fourth-order valence-electron chi connectivity index (χ4n) is 7.63. The van der Waals surface area contributed by atoms with Crippen molar-refractivity contribution in [2.75, 3.05) is 50.7 Å². The van der Waals surface area contributed by atoms with Crippen molar-refractivity contribution in [2.24, 2.45) is 0 Å². The normalized spacial score (nSPS) is 16.9. The first-order valence-corrected chi connectivity index (χ1v) is 17.2. The van der Waals surface area contributed by atoms with E-state index in [1.54, 1.807) is 0 Å². The molecule has 47 heavy (non-hydrogen) atoms. The van der Waals surface area contributed by atoms with Crippen molar-refractivity contribution in [3.8, 4) is 11.5 Å². The monoisotopic (exact) mass is 628 g/mol. The summed E-state index contributed by atoms with van der Waals surface area (Å²) >= 11 is 0. The summed E-state index contributed by atoms with van der Waals surface area (Å²) in [4.78, 5) is 34.3. The van der Waals surface area contributed by atoms with Crippen LogP contribution in [0, 0.1) is 0 Å². The molecular weight excluding hydrogens is 584 g/mol. The molecule has 1 saturated heterocycles. The first-order valence-electron chi connectivity index (χ1n) is 17.2. The predicted molar refractivity (Wildman–Crippen MR) is 186 cm³/mol. The van der Waals surface area contributed by atoms with Crippen LogP contribution < -0.4 is 15.0 Å². The van der Waals surface area contributed by atoms with Crippen molar-refractivity contribution in [1.82, 2.24) is 15.1 Å². The maximum absolute atomic E-state index is 13.9. The molecule has 7 nitrogen and oxygen atoms in total. The summed E-state index contributed by atoms with van der Waals surface area (Å²) in [6.07, 6.45) is 3.55. The van der Waals surface area contributed by atoms with Gasteiger partial charge in [0.1, 0.15) is 16.9 Å². The Hall–Kier alpha value is -4.62. The number of piperazine rings is 1. The van der Waals surface area contributed by atoms with Gasteiger partial charge in [0.05, 0.1) is 0 Å². The largest absolute Gasteiger partial charge is 0.457 e. The van der Waals surface area contributed by atoms with Gasteiger partial charge in [0, 0.05) is 68.2 Å². The number of carbonyl (C=O) groups is 2. The fraction of sp³-hybridized carbons (Fsp3) is 0.350. The average molecular weight is 629 g/mol. The van der Waals surface area contributed by atoms with E-state index in [-0.39, 0.29) is 11.8 Å². The van der Waals surface area contributed by atoms with E-state index in [1.807, 2.05) is 66.4 Å². The predicted octanol–water partition coefficient (Wildman–Crippen LogP) is 6.41. The molecule has 3 aliphatic rings. The van der Waals surface area contributed by atoms with Crippen molar-refractivity contribution >= 4 is 17.5 Å². The minimum Gasteiger partial charge on any atom is -0.457 e. The third kappa shape index (κ3) is 6.12. The van der Waals surface area contributed by atoms with Crippen molar-refractivity contribution < 1.29 is 14.3 Å². The second-order valence-electron chi connectivity index (χ2n) is 12.9. The van der Waals surface area contributed by atoms with E-state index in [1.165, 1.54) is 5.56 Å². The molecule has 4 aromatic rings. The Labute approximate surface area is 278 Å². The number of likely N-dealkylation sites (N-methyl/N-ethyl adjacent to an activating group) is 1. The van der Waals surface area contributed by atoms with E-state index in [9.17, 15) is 9.59 Å². The Morgan fingerprint density at radius 2 is 1.49 bits per heavy atom. The maximum atomic E-state index is 13.9. The summed E-state index contributed by atoms with van der Waals surface area (Å²) in [5.41, 5.74) is 5.43. The van der Waals surface area contributed by atoms with Crippen molar-refractivity contribution in [1.29, 1.82) is 0 Å². The highest BCUT2D eigenvalue weighted by molar-refractivity contribution is 5.98. The average Bonchev–Trinajstić information content (AvgIpc) is 3.11. The number of amides is 2. The number of hydrogen-bond donors (Lipinski definition) is 1. The molecule has 2 amide bonds. The molecule has 7 rings (SSSR count). The molecule has 0 saturated carbocycles. The van der Waals surface area contributed by atoms with Crippen molar-refractivity contribution in [2.45, 2.75) is 44.6 Å². The van der Waals surface area contributed by atoms with E-state index in [0.29, 0.717) is 13.1 Å². The van der Waals surface area contributed by atoms with Crippen LogP contribution in [0.3, 0.4) is 0 Å². The zero-order chi connectivity index (χ0) is 32.2. The zero-order valence-corrected chi connectivity index (χ0v) is 27.3. The van der Waals surface area contributed by atoms with Gasteiger partial charge in [-0.25, -0.2) is 0 Å². The van der Waals surface area contributed by atoms with Crippen LogP contribution in [0.25, 0.3) is 0 Å². The smallest absolute Gasteiger partial charge is 0.254 e.